The highest BCUT2D eigenvalue weighted by atomic mass is 19.4. The van der Waals surface area contributed by atoms with Gasteiger partial charge >= 0.3 is 12.4 Å². The average molecular weight is 917 g/mol. The van der Waals surface area contributed by atoms with E-state index in [0.29, 0.717) is 59.0 Å². The Balaban J connectivity index is 0.844. The van der Waals surface area contributed by atoms with Gasteiger partial charge in [-0.1, -0.05) is 36.4 Å². The predicted molar refractivity (Wildman–Crippen MR) is 221 cm³/mol. The maximum atomic E-state index is 15.5. The van der Waals surface area contributed by atoms with Gasteiger partial charge in [-0.3, -0.25) is 48.2 Å². The van der Waals surface area contributed by atoms with Crippen molar-refractivity contribution in [2.45, 2.75) is 30.6 Å². The number of fused-ring (bicyclic) bond motifs is 12. The van der Waals surface area contributed by atoms with Crippen LogP contribution in [-0.2, 0) is 24.6 Å². The summed E-state index contributed by atoms with van der Waals surface area (Å²) >= 11 is 0. The highest BCUT2D eigenvalue weighted by molar-refractivity contribution is 6.35. The van der Waals surface area contributed by atoms with Crippen LogP contribution in [0.5, 0.6) is 0 Å². The first kappa shape index (κ1) is 41.0. The van der Waals surface area contributed by atoms with Gasteiger partial charge in [0.2, 0.25) is 29.0 Å². The minimum atomic E-state index is -6.20. The highest BCUT2D eigenvalue weighted by Crippen LogP contribution is 2.58. The summed E-state index contributed by atoms with van der Waals surface area (Å²) in [6.07, 6.45) is -3.31. The van der Waals surface area contributed by atoms with Gasteiger partial charge in [0.05, 0.1) is 68.7 Å². The monoisotopic (exact) mass is 916 g/mol. The molecule has 0 aromatic heterocycles. The summed E-state index contributed by atoms with van der Waals surface area (Å²) in [6.45, 7) is 0. The number of hydrogen-bond donors (Lipinski definition) is 0. The lowest BCUT2D eigenvalue weighted by Gasteiger charge is -2.38. The minimum Gasteiger partial charge on any atom is -0.274 e. The van der Waals surface area contributed by atoms with Crippen LogP contribution in [0.4, 0.5) is 49.1 Å². The zero-order valence-electron chi connectivity index (χ0n) is 34.2. The Morgan fingerprint density at radius 1 is 0.358 bits per heavy atom. The standard InChI is InChI=1S/C49H30F6N4O8/c50-48(51,52)47(49(53,54)55,25-5-15-31-33(19-25)41(62)56(39(31)60)27-7-11-29(12-8-27)58-43(64)35-21-1-2-22(17-21)36(35)44(58)65)26-6-16-32-34(20-26)42(63)57(40(32)61)28-9-13-30(14-10-28)59-45(66)37-23-3-4-24(18-23)38(37)46(59)67/h1-16,19-24,35-38H,17-18H2. The van der Waals surface area contributed by atoms with Gasteiger partial charge in [-0.2, -0.15) is 26.3 Å². The molecular weight excluding hydrogens is 887 g/mol. The first-order chi connectivity index (χ1) is 31.8. The van der Waals surface area contributed by atoms with Crippen molar-refractivity contribution in [3.05, 3.63) is 143 Å². The van der Waals surface area contributed by atoms with Crippen LogP contribution >= 0.6 is 0 Å². The summed E-state index contributed by atoms with van der Waals surface area (Å²) < 4.78 is 93.0. The number of imide groups is 4. The molecule has 4 aromatic rings. The number of amides is 8. The molecule has 8 amide bonds. The Bertz CT molecular complexity index is 2840. The van der Waals surface area contributed by atoms with E-state index in [1.165, 1.54) is 48.5 Å². The van der Waals surface area contributed by atoms with E-state index < -0.39 is 122 Å². The Labute approximate surface area is 374 Å². The molecule has 0 radical (unpaired) electrons. The molecule has 0 N–H and O–H groups in total. The van der Waals surface area contributed by atoms with E-state index in [0.717, 1.165) is 9.80 Å². The fraction of sp³-hybridized carbons (Fsp3) is 0.265. The van der Waals surface area contributed by atoms with Gasteiger partial charge in [0.15, 0.2) is 0 Å². The van der Waals surface area contributed by atoms with Gasteiger partial charge in [0.1, 0.15) is 0 Å². The van der Waals surface area contributed by atoms with Gasteiger partial charge in [0.25, 0.3) is 23.6 Å². The van der Waals surface area contributed by atoms with E-state index in [1.807, 2.05) is 24.3 Å². The lowest BCUT2D eigenvalue weighted by atomic mass is 9.71. The summed E-state index contributed by atoms with van der Waals surface area (Å²) in [4.78, 5) is 112. The number of carbonyl (C=O) groups is 8. The number of allylic oxidation sites excluding steroid dienone is 4. The summed E-state index contributed by atoms with van der Waals surface area (Å²) in [5.74, 6) is -8.52. The van der Waals surface area contributed by atoms with Crippen molar-refractivity contribution in [3.8, 4) is 0 Å². The molecule has 67 heavy (non-hydrogen) atoms. The summed E-state index contributed by atoms with van der Waals surface area (Å²) in [5.41, 5.74) is -10.5. The second-order valence-corrected chi connectivity index (χ2v) is 18.2. The van der Waals surface area contributed by atoms with E-state index in [9.17, 15) is 38.4 Å². The number of carbonyl (C=O) groups excluding carboxylic acids is 8. The highest BCUT2D eigenvalue weighted by Gasteiger charge is 2.73. The lowest BCUT2D eigenvalue weighted by Crippen LogP contribution is -2.55. The van der Waals surface area contributed by atoms with E-state index in [-0.39, 0.29) is 46.4 Å². The molecule has 2 saturated heterocycles. The maximum Gasteiger partial charge on any atom is 0.411 e. The fourth-order valence-electron chi connectivity index (χ4n) is 12.2. The van der Waals surface area contributed by atoms with Crippen LogP contribution in [0.1, 0.15) is 65.4 Å². The number of halogens is 6. The summed E-state index contributed by atoms with van der Waals surface area (Å²) in [5, 5.41) is 0. The van der Waals surface area contributed by atoms with Crippen LogP contribution in [0.2, 0.25) is 0 Å². The predicted octanol–water partition coefficient (Wildman–Crippen LogP) is 7.32. The number of hydrogen-bond acceptors (Lipinski definition) is 8. The minimum absolute atomic E-state index is 0.0696. The molecule has 4 aliphatic heterocycles. The fourth-order valence-corrected chi connectivity index (χ4v) is 12.2. The average Bonchev–Trinajstić information content (AvgIpc) is 4.18. The summed E-state index contributed by atoms with van der Waals surface area (Å²) in [7, 11) is 0. The van der Waals surface area contributed by atoms with Gasteiger partial charge in [-0.25, -0.2) is 9.80 Å². The molecule has 8 unspecified atom stereocenters. The first-order valence-corrected chi connectivity index (χ1v) is 21.4. The molecule has 4 aromatic carbocycles. The van der Waals surface area contributed by atoms with Crippen LogP contribution in [0.25, 0.3) is 0 Å². The Kier molecular flexibility index (Phi) is 8.15. The van der Waals surface area contributed by atoms with Crippen molar-refractivity contribution in [2.75, 3.05) is 19.6 Å². The van der Waals surface area contributed by atoms with E-state index >= 15 is 26.3 Å². The van der Waals surface area contributed by atoms with Crippen LogP contribution in [-0.4, -0.2) is 59.6 Å². The van der Waals surface area contributed by atoms with Gasteiger partial charge < -0.3 is 0 Å². The largest absolute Gasteiger partial charge is 0.411 e. The van der Waals surface area contributed by atoms with E-state index in [4.69, 9.17) is 0 Å². The van der Waals surface area contributed by atoms with E-state index in [2.05, 4.69) is 0 Å². The van der Waals surface area contributed by atoms with Crippen molar-refractivity contribution in [3.63, 3.8) is 0 Å². The Morgan fingerprint density at radius 2 is 0.627 bits per heavy atom. The molecule has 8 atom stereocenters. The third-order valence-corrected chi connectivity index (χ3v) is 15.2. The molecule has 4 aliphatic carbocycles. The van der Waals surface area contributed by atoms with E-state index in [1.54, 1.807) is 0 Å². The number of alkyl halides is 6. The topological polar surface area (TPSA) is 150 Å². The third kappa shape index (κ3) is 5.15. The van der Waals surface area contributed by atoms with Crippen LogP contribution in [0.15, 0.2) is 109 Å². The van der Waals surface area contributed by atoms with Crippen molar-refractivity contribution in [1.29, 1.82) is 0 Å². The quantitative estimate of drug-likeness (QED) is 0.111. The molecule has 8 aliphatic rings. The summed E-state index contributed by atoms with van der Waals surface area (Å²) in [6, 6.07) is 13.1. The number of nitrogens with zero attached hydrogens (tertiary/aromatic N) is 4. The molecule has 4 fully saturated rings. The molecule has 4 bridgehead atoms. The van der Waals surface area contributed by atoms with Gasteiger partial charge in [-0.15, -0.1) is 0 Å². The molecule has 4 heterocycles. The second-order valence-electron chi connectivity index (χ2n) is 18.2. The maximum absolute atomic E-state index is 15.5. The van der Waals surface area contributed by atoms with Crippen molar-refractivity contribution < 1.29 is 64.7 Å². The molecule has 12 rings (SSSR count). The normalized spacial score (nSPS) is 28.0. The van der Waals surface area contributed by atoms with Crippen LogP contribution in [0, 0.1) is 47.3 Å². The van der Waals surface area contributed by atoms with Crippen LogP contribution in [0.3, 0.4) is 0 Å². The van der Waals surface area contributed by atoms with Crippen LogP contribution < -0.4 is 19.6 Å². The molecular formula is C49H30F6N4O8. The number of rotatable bonds is 6. The first-order valence-electron chi connectivity index (χ1n) is 21.4. The van der Waals surface area contributed by atoms with Crippen molar-refractivity contribution in [1.82, 2.24) is 0 Å². The lowest BCUT2D eigenvalue weighted by molar-refractivity contribution is -0.288. The van der Waals surface area contributed by atoms with Crippen molar-refractivity contribution in [2.24, 2.45) is 47.3 Å². The molecule has 0 spiro atoms. The second kappa shape index (κ2) is 13.3. The SMILES string of the molecule is O=C1c2ccc(C(c3ccc4c(c3)C(=O)N(c3ccc(N5C(=O)C6C7C=CC(C7)C6C5=O)cc3)C4=O)(C(F)(F)F)C(F)(F)F)cc2C(=O)N1c1ccc(N2C(=O)C3C4C=CC(C4)C3C2=O)cc1. The third-order valence-electron chi connectivity index (χ3n) is 15.2. The molecule has 336 valence electrons. The number of anilines is 4. The van der Waals surface area contributed by atoms with Crippen molar-refractivity contribution >= 4 is 70.0 Å². The molecule has 12 nitrogen and oxygen atoms in total. The number of benzene rings is 4. The molecule has 18 heteroatoms. The Hall–Kier alpha value is -7.50. The smallest absolute Gasteiger partial charge is 0.274 e. The zero-order valence-corrected chi connectivity index (χ0v) is 34.2. The van der Waals surface area contributed by atoms with Gasteiger partial charge in [0, 0.05) is 0 Å². The zero-order chi connectivity index (χ0) is 47.0. The Morgan fingerprint density at radius 3 is 0.910 bits per heavy atom. The van der Waals surface area contributed by atoms with Gasteiger partial charge in [-0.05, 0) is 120 Å². The molecule has 2 saturated carbocycles.